The minimum Gasteiger partial charge on any atom is -0.497 e. The summed E-state index contributed by atoms with van der Waals surface area (Å²) in [7, 11) is 3.33. The number of nitrogens with zero attached hydrogens (tertiary/aromatic N) is 1. The molecule has 0 amide bonds. The van der Waals surface area contributed by atoms with Crippen molar-refractivity contribution < 1.29 is 19.3 Å². The average molecular weight is 561 g/mol. The van der Waals surface area contributed by atoms with E-state index < -0.39 is 6.10 Å². The lowest BCUT2D eigenvalue weighted by Gasteiger charge is -2.24. The molecule has 0 saturated carbocycles. The molecule has 3 aromatic rings. The molecule has 4 N–H and O–H groups in total. The molecular formula is C26H36Cl3N3O4. The van der Waals surface area contributed by atoms with Crippen LogP contribution in [0.3, 0.4) is 0 Å². The Hall–Kier alpha value is -2.42. The first kappa shape index (κ1) is 33.6. The summed E-state index contributed by atoms with van der Waals surface area (Å²) in [4.78, 5) is 3.98. The molecule has 0 aliphatic heterocycles. The number of aromatic nitrogens is 1. The molecule has 7 nitrogen and oxygen atoms in total. The number of ether oxygens (including phenoxy) is 3. The first-order chi connectivity index (χ1) is 16.0. The van der Waals surface area contributed by atoms with Gasteiger partial charge in [0.05, 0.1) is 20.4 Å². The minimum absolute atomic E-state index is 0. The van der Waals surface area contributed by atoms with Crippen LogP contribution >= 0.6 is 37.2 Å². The highest BCUT2D eigenvalue weighted by atomic mass is 35.5. The number of benzene rings is 2. The number of halogens is 3. The van der Waals surface area contributed by atoms with Crippen LogP contribution < -0.4 is 25.3 Å². The quantitative estimate of drug-likeness (QED) is 0.290. The molecule has 2 aromatic carbocycles. The molecule has 0 aliphatic carbocycles. The van der Waals surface area contributed by atoms with Gasteiger partial charge in [0.1, 0.15) is 35.8 Å². The van der Waals surface area contributed by atoms with Crippen LogP contribution in [0.2, 0.25) is 0 Å². The summed E-state index contributed by atoms with van der Waals surface area (Å²) >= 11 is 0. The number of hydrogen-bond donors (Lipinski definition) is 3. The number of nitrogens with one attached hydrogen (secondary N) is 1. The maximum atomic E-state index is 10.3. The number of nitrogen functional groups attached to an aromatic ring is 1. The summed E-state index contributed by atoms with van der Waals surface area (Å²) in [6.07, 6.45) is 1.76. The molecule has 200 valence electrons. The second-order valence-corrected chi connectivity index (χ2v) is 8.03. The molecule has 1 unspecified atom stereocenters. The molecule has 36 heavy (non-hydrogen) atoms. The molecule has 0 fully saturated rings. The van der Waals surface area contributed by atoms with E-state index in [-0.39, 0.29) is 55.8 Å². The number of methoxy groups -OCH3 is 2. The van der Waals surface area contributed by atoms with E-state index in [2.05, 4.69) is 41.5 Å². The third-order valence-corrected chi connectivity index (χ3v) is 5.53. The van der Waals surface area contributed by atoms with Crippen LogP contribution in [-0.2, 0) is 0 Å². The van der Waals surface area contributed by atoms with Gasteiger partial charge in [-0.05, 0) is 60.9 Å². The van der Waals surface area contributed by atoms with Crippen molar-refractivity contribution in [3.63, 3.8) is 0 Å². The van der Waals surface area contributed by atoms with Crippen LogP contribution in [0, 0.1) is 0 Å². The van der Waals surface area contributed by atoms with Crippen molar-refractivity contribution in [2.75, 3.05) is 33.1 Å². The maximum absolute atomic E-state index is 10.3. The molecule has 0 bridgehead atoms. The standard InChI is InChI=1S/C26H33N3O4.3ClH/c1-18(28-15-21(30)17-33-24-12-13-26(27)29-16-24)14-25(19-4-8-22(31-2)9-5-19)20-6-10-23(32-3)11-7-20;;;/h4-13,16,18,21,25,28,30H,14-15,17H2,1-3H3,(H2,27,29);3*1H/t18?,21-;;;/m0.../s1. The van der Waals surface area contributed by atoms with Crippen molar-refractivity contribution in [1.29, 1.82) is 0 Å². The summed E-state index contributed by atoms with van der Waals surface area (Å²) in [5, 5.41) is 13.8. The molecule has 0 saturated heterocycles. The summed E-state index contributed by atoms with van der Waals surface area (Å²) in [5.41, 5.74) is 7.98. The van der Waals surface area contributed by atoms with Crippen LogP contribution in [0.1, 0.15) is 30.4 Å². The lowest BCUT2D eigenvalue weighted by molar-refractivity contribution is 0.103. The van der Waals surface area contributed by atoms with E-state index in [4.69, 9.17) is 19.9 Å². The molecular weight excluding hydrogens is 525 g/mol. The van der Waals surface area contributed by atoms with Crippen molar-refractivity contribution in [2.24, 2.45) is 0 Å². The fourth-order valence-corrected chi connectivity index (χ4v) is 3.64. The van der Waals surface area contributed by atoms with Gasteiger partial charge in [-0.25, -0.2) is 4.98 Å². The number of hydrogen-bond acceptors (Lipinski definition) is 7. The van der Waals surface area contributed by atoms with Crippen LogP contribution in [-0.4, -0.2) is 49.6 Å². The topological polar surface area (TPSA) is 98.9 Å². The molecule has 1 aromatic heterocycles. The van der Waals surface area contributed by atoms with Gasteiger partial charge in [-0.3, -0.25) is 0 Å². The predicted molar refractivity (Wildman–Crippen MR) is 152 cm³/mol. The minimum atomic E-state index is -0.648. The van der Waals surface area contributed by atoms with Gasteiger partial charge in [0.2, 0.25) is 0 Å². The number of aliphatic hydroxyl groups is 1. The Morgan fingerprint density at radius 1 is 0.833 bits per heavy atom. The normalized spacial score (nSPS) is 11.8. The van der Waals surface area contributed by atoms with E-state index >= 15 is 0 Å². The largest absolute Gasteiger partial charge is 0.497 e. The van der Waals surface area contributed by atoms with Crippen molar-refractivity contribution >= 4 is 43.0 Å². The lowest BCUT2D eigenvalue weighted by Crippen LogP contribution is -2.37. The Bertz CT molecular complexity index is 930. The molecule has 0 spiro atoms. The van der Waals surface area contributed by atoms with E-state index in [9.17, 15) is 5.11 Å². The van der Waals surface area contributed by atoms with Crippen molar-refractivity contribution in [3.05, 3.63) is 78.0 Å². The van der Waals surface area contributed by atoms with Gasteiger partial charge in [0, 0.05) is 18.5 Å². The second kappa shape index (κ2) is 17.1. The number of nitrogens with two attached hydrogens (primary N) is 1. The SMILES string of the molecule is COc1ccc(C(CC(C)NC[C@H](O)COc2ccc(N)nc2)c2ccc(OC)cc2)cc1.Cl.Cl.Cl. The van der Waals surface area contributed by atoms with Gasteiger partial charge in [-0.15, -0.1) is 37.2 Å². The van der Waals surface area contributed by atoms with Crippen molar-refractivity contribution in [1.82, 2.24) is 10.3 Å². The number of pyridine rings is 1. The molecule has 1 heterocycles. The first-order valence-corrected chi connectivity index (χ1v) is 11.0. The smallest absolute Gasteiger partial charge is 0.137 e. The zero-order valence-electron chi connectivity index (χ0n) is 20.6. The Balaban J connectivity index is 0.00000408. The predicted octanol–water partition coefficient (Wildman–Crippen LogP) is 4.89. The maximum Gasteiger partial charge on any atom is 0.137 e. The summed E-state index contributed by atoms with van der Waals surface area (Å²) in [6.45, 7) is 2.71. The van der Waals surface area contributed by atoms with Gasteiger partial charge in [0.15, 0.2) is 0 Å². The Morgan fingerprint density at radius 2 is 1.33 bits per heavy atom. The number of anilines is 1. The van der Waals surface area contributed by atoms with Gasteiger partial charge < -0.3 is 30.4 Å². The van der Waals surface area contributed by atoms with Crippen LogP contribution in [0.4, 0.5) is 5.82 Å². The zero-order valence-corrected chi connectivity index (χ0v) is 23.1. The average Bonchev–Trinajstić information content (AvgIpc) is 2.86. The highest BCUT2D eigenvalue weighted by molar-refractivity contribution is 5.86. The lowest BCUT2D eigenvalue weighted by atomic mass is 9.86. The molecule has 0 aliphatic rings. The third-order valence-electron chi connectivity index (χ3n) is 5.53. The Morgan fingerprint density at radius 3 is 1.78 bits per heavy atom. The second-order valence-electron chi connectivity index (χ2n) is 8.03. The molecule has 2 atom stereocenters. The van der Waals surface area contributed by atoms with Crippen LogP contribution in [0.5, 0.6) is 17.2 Å². The number of rotatable bonds is 12. The van der Waals surface area contributed by atoms with Gasteiger partial charge in [-0.2, -0.15) is 0 Å². The van der Waals surface area contributed by atoms with Gasteiger partial charge in [0.25, 0.3) is 0 Å². The van der Waals surface area contributed by atoms with Gasteiger partial charge >= 0.3 is 0 Å². The van der Waals surface area contributed by atoms with E-state index in [1.165, 1.54) is 11.1 Å². The Kier molecular flexibility index (Phi) is 16.0. The fourth-order valence-electron chi connectivity index (χ4n) is 3.64. The van der Waals surface area contributed by atoms with E-state index in [0.717, 1.165) is 17.9 Å². The summed E-state index contributed by atoms with van der Waals surface area (Å²) in [5.74, 6) is 2.85. The van der Waals surface area contributed by atoms with E-state index in [1.54, 1.807) is 32.5 Å². The highest BCUT2D eigenvalue weighted by Crippen LogP contribution is 2.31. The van der Waals surface area contributed by atoms with Crippen LogP contribution in [0.25, 0.3) is 0 Å². The summed E-state index contributed by atoms with van der Waals surface area (Å²) in [6, 6.07) is 19.9. The molecule has 0 radical (unpaired) electrons. The first-order valence-electron chi connectivity index (χ1n) is 11.0. The Labute approximate surface area is 232 Å². The van der Waals surface area contributed by atoms with Crippen LogP contribution in [0.15, 0.2) is 66.9 Å². The number of aliphatic hydroxyl groups excluding tert-OH is 1. The highest BCUT2D eigenvalue weighted by Gasteiger charge is 2.19. The van der Waals surface area contributed by atoms with E-state index in [0.29, 0.717) is 18.1 Å². The zero-order chi connectivity index (χ0) is 23.6. The van der Waals surface area contributed by atoms with E-state index in [1.807, 2.05) is 24.3 Å². The summed E-state index contributed by atoms with van der Waals surface area (Å²) < 4.78 is 16.2. The molecule has 3 rings (SSSR count). The van der Waals surface area contributed by atoms with Crippen molar-refractivity contribution in [2.45, 2.75) is 31.4 Å². The van der Waals surface area contributed by atoms with Crippen molar-refractivity contribution in [3.8, 4) is 17.2 Å². The molecule has 10 heteroatoms. The van der Waals surface area contributed by atoms with Gasteiger partial charge in [-0.1, -0.05) is 24.3 Å². The third kappa shape index (κ3) is 10.3. The fraction of sp³-hybridized carbons (Fsp3) is 0.346. The monoisotopic (exact) mass is 559 g/mol.